The Hall–Kier alpha value is -7.40. The van der Waals surface area contributed by atoms with E-state index in [1.807, 2.05) is 24.4 Å². The molecule has 0 fully saturated rings. The molecule has 0 aliphatic rings. The minimum atomic E-state index is 0.740. The molecule has 60 heavy (non-hydrogen) atoms. The summed E-state index contributed by atoms with van der Waals surface area (Å²) in [6, 6.07) is 67.9. The van der Waals surface area contributed by atoms with E-state index in [4.69, 9.17) is 9.72 Å². The van der Waals surface area contributed by atoms with Crippen LogP contribution in [-0.4, -0.2) is 23.7 Å². The molecule has 6 nitrogen and oxygen atoms in total. The molecule has 0 amide bonds. The predicted molar refractivity (Wildman–Crippen MR) is 239 cm³/mol. The Morgan fingerprint density at radius 1 is 0.417 bits per heavy atom. The molecule has 7 heteroatoms. The topological polar surface area (TPSA) is 49.8 Å². The summed E-state index contributed by atoms with van der Waals surface area (Å²) in [5.74, 6) is 2.32. The second kappa shape index (κ2) is 15.1. The first kappa shape index (κ1) is 35.7. The SMILES string of the molecule is [Pt]=[c]1n(-c2cccc(Oc3ccc4c5ccccc5n(-c5ccc(-c6ccncc6)cn5)c4c3)c2)c2ccccc2n1-c1c(-c2ccccc2)cccc1-c1ccccc1. The first-order valence-corrected chi connectivity index (χ1v) is 20.9. The van der Waals surface area contributed by atoms with Gasteiger partial charge in [-0.3, -0.25) is 4.98 Å². The van der Waals surface area contributed by atoms with Crippen LogP contribution in [0.5, 0.6) is 11.5 Å². The minimum absolute atomic E-state index is 0.740. The van der Waals surface area contributed by atoms with Gasteiger partial charge >= 0.3 is 294 Å². The maximum atomic E-state index is 6.75. The van der Waals surface area contributed by atoms with Crippen LogP contribution >= 0.6 is 0 Å². The molecule has 288 valence electrons. The molecular weight excluding hydrogens is 918 g/mol. The van der Waals surface area contributed by atoms with Crippen LogP contribution in [0.3, 0.4) is 0 Å². The van der Waals surface area contributed by atoms with Gasteiger partial charge in [-0.2, -0.15) is 0 Å². The summed E-state index contributed by atoms with van der Waals surface area (Å²) in [7, 11) is 0. The monoisotopic (exact) mass is 952 g/mol. The predicted octanol–water partition coefficient (Wildman–Crippen LogP) is 13.2. The summed E-state index contributed by atoms with van der Waals surface area (Å²) in [4.78, 5) is 9.12. The fraction of sp³-hybridized carbons (Fsp3) is 0. The van der Waals surface area contributed by atoms with Crippen LogP contribution in [-0.2, 0) is 19.4 Å². The van der Waals surface area contributed by atoms with Crippen LogP contribution in [0.4, 0.5) is 0 Å². The van der Waals surface area contributed by atoms with Gasteiger partial charge < -0.3 is 0 Å². The molecule has 0 N–H and O–H groups in total. The summed E-state index contributed by atoms with van der Waals surface area (Å²) in [6.07, 6.45) is 5.54. The van der Waals surface area contributed by atoms with Crippen molar-refractivity contribution < 1.29 is 24.1 Å². The van der Waals surface area contributed by atoms with Crippen molar-refractivity contribution >= 4 is 32.8 Å². The second-order valence-corrected chi connectivity index (χ2v) is 15.6. The van der Waals surface area contributed by atoms with Crippen LogP contribution in [0, 0.1) is 3.80 Å². The van der Waals surface area contributed by atoms with Crippen molar-refractivity contribution in [3.05, 3.63) is 217 Å². The zero-order chi connectivity index (χ0) is 40.0. The Balaban J connectivity index is 1.02. The van der Waals surface area contributed by atoms with Crippen LogP contribution in [0.2, 0.25) is 0 Å². The molecular formula is C53H35N5OPt. The van der Waals surface area contributed by atoms with Gasteiger partial charge in [-0.05, 0) is 23.8 Å². The van der Waals surface area contributed by atoms with Crippen LogP contribution in [0.1, 0.15) is 0 Å². The summed E-state index contributed by atoms with van der Waals surface area (Å²) >= 11 is 2.49. The molecule has 0 unspecified atom stereocenters. The van der Waals surface area contributed by atoms with E-state index in [-0.39, 0.29) is 0 Å². The van der Waals surface area contributed by atoms with Gasteiger partial charge in [0.05, 0.1) is 0 Å². The Morgan fingerprint density at radius 3 is 1.73 bits per heavy atom. The molecule has 0 aliphatic carbocycles. The number of aromatic nitrogens is 5. The van der Waals surface area contributed by atoms with E-state index < -0.39 is 0 Å². The summed E-state index contributed by atoms with van der Waals surface area (Å²) in [5, 5.41) is 2.29. The standard InChI is InChI=1S/C53H35N5O.Pt/c1-3-13-38(14-4-1)44-20-12-21-45(39-15-5-2-6-16-39)53(44)57-36-56(49-23-9-10-24-50(49)57)41-17-11-18-42(33-41)59-43-26-27-47-46-19-7-8-22-48(46)58(51(47)34-43)52-28-25-40(35-55-52)37-29-31-54-32-30-37;/h1-35H;. The fourth-order valence-electron chi connectivity index (χ4n) is 8.37. The number of hydrogen-bond acceptors (Lipinski definition) is 3. The third-order valence-electron chi connectivity index (χ3n) is 11.1. The quantitative estimate of drug-likeness (QED) is 0.152. The second-order valence-electron chi connectivity index (χ2n) is 14.6. The molecule has 0 aliphatic heterocycles. The van der Waals surface area contributed by atoms with Crippen molar-refractivity contribution in [2.75, 3.05) is 0 Å². The van der Waals surface area contributed by atoms with E-state index in [1.54, 1.807) is 12.4 Å². The first-order chi connectivity index (χ1) is 29.7. The van der Waals surface area contributed by atoms with Crippen LogP contribution in [0.15, 0.2) is 213 Å². The number of rotatable bonds is 8. The van der Waals surface area contributed by atoms with Gasteiger partial charge in [-0.15, -0.1) is 0 Å². The molecule has 0 bridgehead atoms. The Morgan fingerprint density at radius 2 is 1.03 bits per heavy atom. The molecule has 11 rings (SSSR count). The molecule has 0 atom stereocenters. The Kier molecular flexibility index (Phi) is 8.98. The average molecular weight is 953 g/mol. The van der Waals surface area contributed by atoms with Gasteiger partial charge in [0.1, 0.15) is 0 Å². The molecule has 4 heterocycles. The number of fused-ring (bicyclic) bond motifs is 4. The molecule has 11 aromatic rings. The summed E-state index contributed by atoms with van der Waals surface area (Å²) < 4.78 is 14.7. The van der Waals surface area contributed by atoms with E-state index in [0.717, 1.165) is 98.7 Å². The number of pyridine rings is 2. The molecule has 0 spiro atoms. The molecule has 4 aromatic heterocycles. The van der Waals surface area contributed by atoms with Gasteiger partial charge in [-0.25, -0.2) is 0 Å². The molecule has 7 aromatic carbocycles. The third kappa shape index (κ3) is 6.21. The number of nitrogens with zero attached hydrogens (tertiary/aromatic N) is 5. The van der Waals surface area contributed by atoms with Crippen molar-refractivity contribution in [3.63, 3.8) is 0 Å². The van der Waals surface area contributed by atoms with Gasteiger partial charge in [0.2, 0.25) is 0 Å². The van der Waals surface area contributed by atoms with E-state index in [0.29, 0.717) is 0 Å². The number of hydrogen-bond donors (Lipinski definition) is 0. The third-order valence-corrected chi connectivity index (χ3v) is 12.1. The van der Waals surface area contributed by atoms with Crippen molar-refractivity contribution in [1.29, 1.82) is 0 Å². The van der Waals surface area contributed by atoms with Crippen molar-refractivity contribution in [2.45, 2.75) is 0 Å². The normalized spacial score (nSPS) is 11.4. The van der Waals surface area contributed by atoms with Gasteiger partial charge in [-0.1, -0.05) is 12.1 Å². The van der Waals surface area contributed by atoms with Gasteiger partial charge in [0.15, 0.2) is 0 Å². The van der Waals surface area contributed by atoms with E-state index >= 15 is 0 Å². The maximum absolute atomic E-state index is 6.75. The van der Waals surface area contributed by atoms with Crippen LogP contribution in [0.25, 0.3) is 83.4 Å². The fourth-order valence-corrected chi connectivity index (χ4v) is 9.47. The van der Waals surface area contributed by atoms with E-state index in [9.17, 15) is 0 Å². The Bertz CT molecular complexity index is 3350. The van der Waals surface area contributed by atoms with Gasteiger partial charge in [0.25, 0.3) is 0 Å². The average Bonchev–Trinajstić information content (AvgIpc) is 3.80. The zero-order valence-electron chi connectivity index (χ0n) is 32.2. The molecule has 0 saturated carbocycles. The molecule has 0 radical (unpaired) electrons. The van der Waals surface area contributed by atoms with Crippen molar-refractivity contribution in [1.82, 2.24) is 23.7 Å². The van der Waals surface area contributed by atoms with E-state index in [1.165, 1.54) is 0 Å². The number of benzene rings is 7. The van der Waals surface area contributed by atoms with Crippen molar-refractivity contribution in [2.24, 2.45) is 0 Å². The first-order valence-electron chi connectivity index (χ1n) is 19.8. The number of para-hydroxylation sites is 4. The van der Waals surface area contributed by atoms with Crippen LogP contribution < -0.4 is 4.74 Å². The molecule has 0 saturated heterocycles. The number of imidazole rings is 1. The summed E-state index contributed by atoms with van der Waals surface area (Å²) in [5.41, 5.74) is 13.2. The van der Waals surface area contributed by atoms with Crippen molar-refractivity contribution in [3.8, 4) is 62.1 Å². The Labute approximate surface area is 357 Å². The number of ether oxygens (including phenoxy) is 1. The summed E-state index contributed by atoms with van der Waals surface area (Å²) in [6.45, 7) is 0. The van der Waals surface area contributed by atoms with Gasteiger partial charge in [0, 0.05) is 24.2 Å². The zero-order valence-corrected chi connectivity index (χ0v) is 34.4. The van der Waals surface area contributed by atoms with E-state index in [2.05, 4.69) is 214 Å².